The summed E-state index contributed by atoms with van der Waals surface area (Å²) in [6.45, 7) is 13.2. The number of aliphatic hydroxyl groups excluding tert-OH is 2. The first kappa shape index (κ1) is 31.5. The lowest BCUT2D eigenvalue weighted by molar-refractivity contribution is -0.300. The Labute approximate surface area is 237 Å². The van der Waals surface area contributed by atoms with Crippen molar-refractivity contribution in [2.24, 2.45) is 10.4 Å². The third-order valence-electron chi connectivity index (χ3n) is 7.72. The van der Waals surface area contributed by atoms with Crippen molar-refractivity contribution in [2.75, 3.05) is 0 Å². The van der Waals surface area contributed by atoms with Gasteiger partial charge in [0.05, 0.1) is 12.2 Å². The predicted molar refractivity (Wildman–Crippen MR) is 154 cm³/mol. The van der Waals surface area contributed by atoms with Crippen LogP contribution in [0.15, 0.2) is 76.8 Å². The predicted octanol–water partition coefficient (Wildman–Crippen LogP) is 5.39. The van der Waals surface area contributed by atoms with Crippen LogP contribution in [-0.2, 0) is 19.0 Å². The number of ether oxygens (including phenoxy) is 4. The maximum absolute atomic E-state index is 13.1. The van der Waals surface area contributed by atoms with Crippen LogP contribution in [0, 0.1) is 5.41 Å². The van der Waals surface area contributed by atoms with E-state index in [4.69, 9.17) is 18.9 Å². The second-order valence-corrected chi connectivity index (χ2v) is 10.9. The highest BCUT2D eigenvalue weighted by Gasteiger charge is 2.47. The SMILES string of the molecule is CC[C@@H]1OC(C)O[C@@H]([C@@H](O)/C(C)=C(\C)[C@H](C)OC(=O)[C@H](O)[C@@H](N=COc2ccccc2)c2ccccc2)C1(C)C. The van der Waals surface area contributed by atoms with E-state index in [2.05, 4.69) is 11.9 Å². The number of nitrogens with zero attached hydrogens (tertiary/aromatic N) is 1. The summed E-state index contributed by atoms with van der Waals surface area (Å²) in [5.41, 5.74) is 1.50. The third kappa shape index (κ3) is 7.57. The largest absolute Gasteiger partial charge is 0.456 e. The number of hydrogen-bond donors (Lipinski definition) is 2. The number of rotatable bonds is 11. The van der Waals surface area contributed by atoms with Gasteiger partial charge in [0.15, 0.2) is 18.8 Å². The molecule has 0 aromatic heterocycles. The molecule has 0 spiro atoms. The Morgan fingerprint density at radius 1 is 1.02 bits per heavy atom. The fraction of sp³-hybridized carbons (Fsp3) is 0.500. The number of aliphatic imine (C=N–C) groups is 1. The number of carbonyl (C=O) groups is 1. The van der Waals surface area contributed by atoms with Crippen LogP contribution in [0.5, 0.6) is 5.75 Å². The second-order valence-electron chi connectivity index (χ2n) is 10.9. The van der Waals surface area contributed by atoms with Gasteiger partial charge in [0.2, 0.25) is 0 Å². The number of aliphatic hydroxyl groups is 2. The molecule has 1 heterocycles. The van der Waals surface area contributed by atoms with Crippen molar-refractivity contribution < 1.29 is 34.0 Å². The van der Waals surface area contributed by atoms with Gasteiger partial charge in [-0.15, -0.1) is 0 Å². The Morgan fingerprint density at radius 3 is 2.23 bits per heavy atom. The third-order valence-corrected chi connectivity index (χ3v) is 7.72. The Kier molecular flexibility index (Phi) is 11.0. The molecule has 8 nitrogen and oxygen atoms in total. The smallest absolute Gasteiger partial charge is 0.338 e. The van der Waals surface area contributed by atoms with Crippen LogP contribution < -0.4 is 4.74 Å². The van der Waals surface area contributed by atoms with Crippen molar-refractivity contribution in [3.63, 3.8) is 0 Å². The zero-order valence-electron chi connectivity index (χ0n) is 24.5. The van der Waals surface area contributed by atoms with Crippen LogP contribution in [0.2, 0.25) is 0 Å². The summed E-state index contributed by atoms with van der Waals surface area (Å²) in [6.07, 6.45) is -2.24. The standard InChI is InChI=1S/C32H43NO7/c1-8-26-32(6,7)30(40-23(5)39-26)28(34)21(3)20(2)22(4)38-31(36)29(35)27(24-15-11-9-12-16-24)33-19-37-25-17-13-10-14-18-25/h9-19,22-23,26-30,34-35H,8H2,1-7H3/b21-20+,33-19?/t22-,23?,26-,27-,28-,29+,30-/m0/s1. The van der Waals surface area contributed by atoms with Crippen LogP contribution in [-0.4, -0.2) is 59.4 Å². The Hall–Kier alpha value is -3.04. The zero-order chi connectivity index (χ0) is 29.4. The molecule has 40 heavy (non-hydrogen) atoms. The van der Waals surface area contributed by atoms with Crippen LogP contribution in [0.25, 0.3) is 0 Å². The summed E-state index contributed by atoms with van der Waals surface area (Å²) >= 11 is 0. The van der Waals surface area contributed by atoms with Crippen molar-refractivity contribution in [2.45, 2.75) is 97.7 Å². The van der Waals surface area contributed by atoms with Crippen LogP contribution in [0.3, 0.4) is 0 Å². The van der Waals surface area contributed by atoms with Gasteiger partial charge in [-0.25, -0.2) is 9.79 Å². The molecule has 0 radical (unpaired) electrons. The van der Waals surface area contributed by atoms with Crippen LogP contribution in [0.1, 0.15) is 66.5 Å². The molecule has 1 fully saturated rings. The topological polar surface area (TPSA) is 107 Å². The molecule has 0 amide bonds. The maximum atomic E-state index is 13.1. The second kappa shape index (κ2) is 14.0. The van der Waals surface area contributed by atoms with E-state index in [0.29, 0.717) is 22.5 Å². The fourth-order valence-electron chi connectivity index (χ4n) is 5.01. The molecule has 7 atom stereocenters. The van der Waals surface area contributed by atoms with Gasteiger partial charge in [-0.3, -0.25) is 0 Å². The number of carbonyl (C=O) groups excluding carboxylic acids is 1. The molecule has 1 unspecified atom stereocenters. The fourth-order valence-corrected chi connectivity index (χ4v) is 5.01. The summed E-state index contributed by atoms with van der Waals surface area (Å²) in [4.78, 5) is 17.5. The highest BCUT2D eigenvalue weighted by atomic mass is 16.7. The minimum Gasteiger partial charge on any atom is -0.456 e. The van der Waals surface area contributed by atoms with E-state index in [0.717, 1.165) is 6.42 Å². The molecule has 218 valence electrons. The Balaban J connectivity index is 1.75. The molecule has 0 aliphatic carbocycles. The number of hydrogen-bond acceptors (Lipinski definition) is 8. The molecule has 1 aliphatic heterocycles. The van der Waals surface area contributed by atoms with Crippen molar-refractivity contribution in [3.8, 4) is 5.75 Å². The highest BCUT2D eigenvalue weighted by Crippen LogP contribution is 2.41. The van der Waals surface area contributed by atoms with E-state index in [1.807, 2.05) is 45.0 Å². The van der Waals surface area contributed by atoms with Gasteiger partial charge in [0, 0.05) is 5.41 Å². The van der Waals surface area contributed by atoms with Crippen molar-refractivity contribution in [3.05, 3.63) is 77.4 Å². The first-order valence-electron chi connectivity index (χ1n) is 13.8. The van der Waals surface area contributed by atoms with Gasteiger partial charge >= 0.3 is 5.97 Å². The first-order chi connectivity index (χ1) is 19.0. The minimum absolute atomic E-state index is 0.0734. The molecule has 0 saturated carbocycles. The van der Waals surface area contributed by atoms with E-state index in [9.17, 15) is 15.0 Å². The van der Waals surface area contributed by atoms with Gasteiger partial charge < -0.3 is 29.2 Å². The molecule has 0 bridgehead atoms. The Morgan fingerprint density at radius 2 is 1.62 bits per heavy atom. The van der Waals surface area contributed by atoms with Crippen molar-refractivity contribution >= 4 is 12.4 Å². The molecule has 3 rings (SSSR count). The summed E-state index contributed by atoms with van der Waals surface area (Å²) in [5.74, 6) is -0.253. The van der Waals surface area contributed by atoms with Gasteiger partial charge in [0.25, 0.3) is 0 Å². The lowest BCUT2D eigenvalue weighted by atomic mass is 9.74. The average Bonchev–Trinajstić information content (AvgIpc) is 2.95. The van der Waals surface area contributed by atoms with Crippen LogP contribution in [0.4, 0.5) is 0 Å². The molecule has 2 aromatic rings. The highest BCUT2D eigenvalue weighted by molar-refractivity contribution is 5.76. The minimum atomic E-state index is -1.58. The monoisotopic (exact) mass is 553 g/mol. The summed E-state index contributed by atoms with van der Waals surface area (Å²) in [5, 5.41) is 22.4. The lowest BCUT2D eigenvalue weighted by Crippen LogP contribution is -2.56. The molecular weight excluding hydrogens is 510 g/mol. The summed E-state index contributed by atoms with van der Waals surface area (Å²) in [6, 6.07) is 17.1. The molecule has 2 N–H and O–H groups in total. The van der Waals surface area contributed by atoms with Crippen LogP contribution >= 0.6 is 0 Å². The number of benzene rings is 2. The van der Waals surface area contributed by atoms with Gasteiger partial charge in [-0.2, -0.15) is 0 Å². The van der Waals surface area contributed by atoms with E-state index < -0.39 is 48.1 Å². The van der Waals surface area contributed by atoms with Crippen molar-refractivity contribution in [1.29, 1.82) is 0 Å². The summed E-state index contributed by atoms with van der Waals surface area (Å²) in [7, 11) is 0. The quantitative estimate of drug-likeness (QED) is 0.166. The average molecular weight is 554 g/mol. The lowest BCUT2D eigenvalue weighted by Gasteiger charge is -2.48. The van der Waals surface area contributed by atoms with Gasteiger partial charge in [0.1, 0.15) is 24.0 Å². The normalized spacial score (nSPS) is 24.5. The van der Waals surface area contributed by atoms with E-state index >= 15 is 0 Å². The van der Waals surface area contributed by atoms with Gasteiger partial charge in [-0.05, 0) is 63.0 Å². The Bertz CT molecular complexity index is 1150. The zero-order valence-corrected chi connectivity index (χ0v) is 24.5. The molecule has 1 saturated heterocycles. The van der Waals surface area contributed by atoms with Crippen molar-refractivity contribution in [1.82, 2.24) is 0 Å². The maximum Gasteiger partial charge on any atom is 0.338 e. The molecular formula is C32H43NO7. The first-order valence-corrected chi connectivity index (χ1v) is 13.8. The van der Waals surface area contributed by atoms with E-state index in [-0.39, 0.29) is 6.10 Å². The molecule has 8 heteroatoms. The number of esters is 1. The summed E-state index contributed by atoms with van der Waals surface area (Å²) < 4.78 is 23.2. The molecule has 1 aliphatic rings. The van der Waals surface area contributed by atoms with E-state index in [1.54, 1.807) is 57.2 Å². The molecule has 2 aromatic carbocycles. The number of para-hydroxylation sites is 1. The van der Waals surface area contributed by atoms with E-state index in [1.165, 1.54) is 6.40 Å². The van der Waals surface area contributed by atoms with Gasteiger partial charge in [-0.1, -0.05) is 69.3 Å².